The minimum atomic E-state index is -0.597. The Bertz CT molecular complexity index is 151. The van der Waals surface area contributed by atoms with Gasteiger partial charge in [0.15, 0.2) is 0 Å². The van der Waals surface area contributed by atoms with E-state index in [9.17, 15) is 0 Å². The molecule has 0 N–H and O–H groups in total. The van der Waals surface area contributed by atoms with Crippen molar-refractivity contribution in [3.05, 3.63) is 25.3 Å². The van der Waals surface area contributed by atoms with Crippen molar-refractivity contribution < 1.29 is 0 Å². The lowest BCUT2D eigenvalue weighted by molar-refractivity contribution is 0.391. The lowest BCUT2D eigenvalue weighted by Gasteiger charge is -2.20. The summed E-state index contributed by atoms with van der Waals surface area (Å²) in [5, 5.41) is 0. The number of allylic oxidation sites excluding steroid dienone is 2. The predicted octanol–water partition coefficient (Wildman–Crippen LogP) is 2.22. The topological polar surface area (TPSA) is 3.24 Å². The highest BCUT2D eigenvalue weighted by molar-refractivity contribution is 6.60. The molecule has 1 rings (SSSR count). The van der Waals surface area contributed by atoms with Crippen LogP contribution in [0.25, 0.3) is 0 Å². The summed E-state index contributed by atoms with van der Waals surface area (Å²) < 4.78 is 0. The molecule has 1 aliphatic heterocycles. The van der Waals surface area contributed by atoms with Gasteiger partial charge in [-0.25, -0.2) is 0 Å². The Morgan fingerprint density at radius 1 is 1.08 bits per heavy atom. The van der Waals surface area contributed by atoms with Crippen molar-refractivity contribution in [1.82, 2.24) is 4.90 Å². The standard InChI is InChI=1S/C11H21NSi/c1-3-9-13(10-4-2)11-12-7-5-6-8-12/h3-4,13H,1-2,5-11H2. The highest BCUT2D eigenvalue weighted by Crippen LogP contribution is 2.11. The first kappa shape index (κ1) is 10.7. The molecule has 0 unspecified atom stereocenters. The van der Waals surface area contributed by atoms with Crippen molar-refractivity contribution >= 4 is 8.80 Å². The molecule has 0 saturated carbocycles. The van der Waals surface area contributed by atoms with Crippen LogP contribution < -0.4 is 0 Å². The van der Waals surface area contributed by atoms with Gasteiger partial charge in [-0.3, -0.25) is 0 Å². The van der Waals surface area contributed by atoms with E-state index >= 15 is 0 Å². The average molecular weight is 195 g/mol. The van der Waals surface area contributed by atoms with Crippen LogP contribution >= 0.6 is 0 Å². The molecule has 0 aliphatic carbocycles. The third-order valence-corrected chi connectivity index (χ3v) is 5.75. The molecule has 74 valence electrons. The number of hydrogen-bond acceptors (Lipinski definition) is 1. The van der Waals surface area contributed by atoms with Crippen molar-refractivity contribution in [3.63, 3.8) is 0 Å². The van der Waals surface area contributed by atoms with Crippen LogP contribution in [-0.4, -0.2) is 33.0 Å². The molecule has 0 aromatic carbocycles. The first-order valence-corrected chi connectivity index (χ1v) is 7.76. The van der Waals surface area contributed by atoms with E-state index in [1.165, 1.54) is 44.2 Å². The summed E-state index contributed by atoms with van der Waals surface area (Å²) in [7, 11) is -0.597. The fourth-order valence-corrected chi connectivity index (χ4v) is 4.58. The molecular weight excluding hydrogens is 174 g/mol. The molecule has 0 amide bonds. The van der Waals surface area contributed by atoms with Crippen LogP contribution in [0.2, 0.25) is 12.1 Å². The number of rotatable bonds is 6. The van der Waals surface area contributed by atoms with Gasteiger partial charge >= 0.3 is 0 Å². The first-order chi connectivity index (χ1) is 6.36. The monoisotopic (exact) mass is 195 g/mol. The zero-order valence-corrected chi connectivity index (χ0v) is 9.70. The van der Waals surface area contributed by atoms with Gasteiger partial charge in [0.25, 0.3) is 0 Å². The molecule has 1 heterocycles. The van der Waals surface area contributed by atoms with Crippen LogP contribution in [0.1, 0.15) is 12.8 Å². The second-order valence-corrected chi connectivity index (χ2v) is 6.96. The maximum Gasteiger partial charge on any atom is 0.0604 e. The Labute approximate surface area is 83.7 Å². The lowest BCUT2D eigenvalue weighted by atomic mass is 10.4. The highest BCUT2D eigenvalue weighted by atomic mass is 28.3. The van der Waals surface area contributed by atoms with E-state index < -0.39 is 8.80 Å². The maximum absolute atomic E-state index is 3.84. The Hall–Kier alpha value is -0.343. The fourth-order valence-electron chi connectivity index (χ4n) is 2.05. The van der Waals surface area contributed by atoms with Gasteiger partial charge in [0.05, 0.1) is 8.80 Å². The molecule has 1 aliphatic rings. The zero-order chi connectivity index (χ0) is 9.52. The summed E-state index contributed by atoms with van der Waals surface area (Å²) in [5.74, 6) is 0. The molecule has 0 bridgehead atoms. The molecule has 0 atom stereocenters. The first-order valence-electron chi connectivity index (χ1n) is 5.31. The van der Waals surface area contributed by atoms with Gasteiger partial charge in [0, 0.05) is 0 Å². The van der Waals surface area contributed by atoms with Crippen LogP contribution in [0.3, 0.4) is 0 Å². The Morgan fingerprint density at radius 3 is 2.08 bits per heavy atom. The van der Waals surface area contributed by atoms with Gasteiger partial charge in [-0.2, -0.15) is 0 Å². The third kappa shape index (κ3) is 3.92. The van der Waals surface area contributed by atoms with Crippen LogP contribution in [0.5, 0.6) is 0 Å². The maximum atomic E-state index is 3.84. The van der Waals surface area contributed by atoms with Gasteiger partial charge in [0.1, 0.15) is 0 Å². The quantitative estimate of drug-likeness (QED) is 0.464. The van der Waals surface area contributed by atoms with Crippen LogP contribution in [0.15, 0.2) is 25.3 Å². The number of nitrogens with zero attached hydrogens (tertiary/aromatic N) is 1. The molecule has 1 fully saturated rings. The number of hydrogen-bond donors (Lipinski definition) is 0. The smallest absolute Gasteiger partial charge is 0.0604 e. The van der Waals surface area contributed by atoms with E-state index in [0.29, 0.717) is 0 Å². The van der Waals surface area contributed by atoms with E-state index in [-0.39, 0.29) is 0 Å². The highest BCUT2D eigenvalue weighted by Gasteiger charge is 2.16. The Kier molecular flexibility index (Phi) is 5.09. The van der Waals surface area contributed by atoms with Gasteiger partial charge in [-0.15, -0.1) is 13.2 Å². The van der Waals surface area contributed by atoms with Gasteiger partial charge < -0.3 is 4.90 Å². The molecule has 0 spiro atoms. The molecule has 1 nitrogen and oxygen atoms in total. The van der Waals surface area contributed by atoms with Gasteiger partial charge in [-0.1, -0.05) is 12.2 Å². The molecule has 1 saturated heterocycles. The summed E-state index contributed by atoms with van der Waals surface area (Å²) in [6, 6.07) is 2.53. The summed E-state index contributed by atoms with van der Waals surface area (Å²) in [6.45, 7) is 10.3. The third-order valence-electron chi connectivity index (χ3n) is 2.72. The summed E-state index contributed by atoms with van der Waals surface area (Å²) >= 11 is 0. The lowest BCUT2D eigenvalue weighted by Crippen LogP contribution is -2.32. The molecular formula is C11H21NSi. The fraction of sp³-hybridized carbons (Fsp3) is 0.636. The molecule has 0 radical (unpaired) electrons. The second-order valence-electron chi connectivity index (χ2n) is 3.92. The second kappa shape index (κ2) is 6.16. The minimum Gasteiger partial charge on any atom is -0.306 e. The van der Waals surface area contributed by atoms with E-state index in [1.54, 1.807) is 0 Å². The summed E-state index contributed by atoms with van der Waals surface area (Å²) in [6.07, 6.45) is 8.37. The average Bonchev–Trinajstić information content (AvgIpc) is 2.58. The Morgan fingerprint density at radius 2 is 1.62 bits per heavy atom. The molecule has 13 heavy (non-hydrogen) atoms. The van der Waals surface area contributed by atoms with E-state index in [0.717, 1.165) is 0 Å². The zero-order valence-electron chi connectivity index (χ0n) is 8.54. The SMILES string of the molecule is C=CC[SiH](CC=C)CN1CCCC1. The largest absolute Gasteiger partial charge is 0.306 e. The predicted molar refractivity (Wildman–Crippen MR) is 62.8 cm³/mol. The van der Waals surface area contributed by atoms with Crippen molar-refractivity contribution in [2.75, 3.05) is 19.3 Å². The van der Waals surface area contributed by atoms with E-state index in [4.69, 9.17) is 0 Å². The molecule has 0 aromatic rings. The minimum absolute atomic E-state index is 0.597. The normalized spacial score (nSPS) is 17.9. The van der Waals surface area contributed by atoms with E-state index in [2.05, 4.69) is 30.2 Å². The van der Waals surface area contributed by atoms with E-state index in [1.807, 2.05) is 0 Å². The van der Waals surface area contributed by atoms with Crippen molar-refractivity contribution in [2.24, 2.45) is 0 Å². The summed E-state index contributed by atoms with van der Waals surface area (Å²) in [5.41, 5.74) is 0. The van der Waals surface area contributed by atoms with Crippen molar-refractivity contribution in [2.45, 2.75) is 24.9 Å². The molecule has 0 aromatic heterocycles. The Balaban J connectivity index is 2.26. The van der Waals surface area contributed by atoms with Crippen molar-refractivity contribution in [1.29, 1.82) is 0 Å². The van der Waals surface area contributed by atoms with Crippen molar-refractivity contribution in [3.8, 4) is 0 Å². The van der Waals surface area contributed by atoms with Gasteiger partial charge in [0.2, 0.25) is 0 Å². The van der Waals surface area contributed by atoms with Crippen LogP contribution in [0.4, 0.5) is 0 Å². The van der Waals surface area contributed by atoms with Crippen LogP contribution in [0, 0.1) is 0 Å². The van der Waals surface area contributed by atoms with Crippen LogP contribution in [-0.2, 0) is 0 Å². The summed E-state index contributed by atoms with van der Waals surface area (Å²) in [4.78, 5) is 2.63. The number of likely N-dealkylation sites (tertiary alicyclic amines) is 1. The van der Waals surface area contributed by atoms with Gasteiger partial charge in [-0.05, 0) is 44.2 Å². The molecule has 2 heteroatoms.